The number of carbonyl (C=O) groups is 1. The number of nitrogens with one attached hydrogen (secondary N) is 2. The molecule has 9 nitrogen and oxygen atoms in total. The summed E-state index contributed by atoms with van der Waals surface area (Å²) in [4.78, 5) is 16.3. The van der Waals surface area contributed by atoms with Crippen molar-refractivity contribution in [3.63, 3.8) is 0 Å². The number of sulfonamides is 2. The van der Waals surface area contributed by atoms with Crippen molar-refractivity contribution >= 4 is 54.6 Å². The Hall–Kier alpha value is -3.15. The summed E-state index contributed by atoms with van der Waals surface area (Å²) in [7, 11) is -7.60. The van der Waals surface area contributed by atoms with Gasteiger partial charge in [0.2, 0.25) is 15.9 Å². The lowest BCUT2D eigenvalue weighted by atomic mass is 10.3. The minimum Gasteiger partial charge on any atom is -0.325 e. The number of aromatic nitrogens is 1. The van der Waals surface area contributed by atoms with E-state index in [1.807, 2.05) is 0 Å². The molecule has 2 aromatic carbocycles. The lowest BCUT2D eigenvalue weighted by Gasteiger charge is -2.22. The maximum absolute atomic E-state index is 12.5. The molecule has 0 unspecified atom stereocenters. The fraction of sp³-hybridized carbons (Fsp3) is 0.100. The first-order valence-electron chi connectivity index (χ1n) is 9.11. The van der Waals surface area contributed by atoms with Gasteiger partial charge in [-0.3, -0.25) is 18.8 Å². The van der Waals surface area contributed by atoms with E-state index >= 15 is 0 Å². The van der Waals surface area contributed by atoms with E-state index in [0.717, 1.165) is 10.6 Å². The monoisotopic (exact) mass is 494 g/mol. The number of halogens is 1. The van der Waals surface area contributed by atoms with E-state index < -0.39 is 32.5 Å². The molecule has 0 saturated heterocycles. The van der Waals surface area contributed by atoms with Gasteiger partial charge in [-0.2, -0.15) is 0 Å². The Balaban J connectivity index is 1.71. The molecule has 0 aliphatic heterocycles. The molecule has 0 radical (unpaired) electrons. The molecule has 1 aromatic heterocycles. The number of nitrogens with zero attached hydrogens (tertiary/aromatic N) is 2. The Labute approximate surface area is 191 Å². The molecular weight excluding hydrogens is 476 g/mol. The molecule has 0 atom stereocenters. The maximum atomic E-state index is 12.5. The van der Waals surface area contributed by atoms with Crippen molar-refractivity contribution in [2.45, 2.75) is 4.90 Å². The summed E-state index contributed by atoms with van der Waals surface area (Å²) in [5, 5.41) is 2.88. The van der Waals surface area contributed by atoms with Gasteiger partial charge in [0.05, 0.1) is 28.7 Å². The van der Waals surface area contributed by atoms with Crippen molar-refractivity contribution in [2.75, 3.05) is 27.1 Å². The predicted octanol–water partition coefficient (Wildman–Crippen LogP) is 2.94. The summed E-state index contributed by atoms with van der Waals surface area (Å²) in [5.74, 6) is -0.612. The smallest absolute Gasteiger partial charge is 0.261 e. The first kappa shape index (κ1) is 23.5. The van der Waals surface area contributed by atoms with Gasteiger partial charge in [-0.25, -0.2) is 16.8 Å². The standard InChI is InChI=1S/C20H19ClN4O5S2/c1-31(27,28)25(18-6-2-4-15(21)12-18)14-20(26)23-16-7-9-19(10-8-16)32(29,30)24-17-5-3-11-22-13-17/h2-13,24H,14H2,1H3,(H,23,26). The number of rotatable bonds is 8. The van der Waals surface area contributed by atoms with Crippen molar-refractivity contribution < 1.29 is 21.6 Å². The molecule has 0 aliphatic carbocycles. The second kappa shape index (κ2) is 9.55. The highest BCUT2D eigenvalue weighted by molar-refractivity contribution is 7.92. The second-order valence-corrected chi connectivity index (χ2v) is 10.7. The van der Waals surface area contributed by atoms with E-state index in [0.29, 0.717) is 16.4 Å². The summed E-state index contributed by atoms with van der Waals surface area (Å²) in [6, 6.07) is 14.7. The van der Waals surface area contributed by atoms with Gasteiger partial charge in [-0.15, -0.1) is 0 Å². The second-order valence-electron chi connectivity index (χ2n) is 6.67. The van der Waals surface area contributed by atoms with Crippen LogP contribution in [-0.2, 0) is 24.8 Å². The highest BCUT2D eigenvalue weighted by Gasteiger charge is 2.21. The number of amides is 1. The Morgan fingerprint density at radius 2 is 1.72 bits per heavy atom. The highest BCUT2D eigenvalue weighted by Crippen LogP contribution is 2.22. The van der Waals surface area contributed by atoms with E-state index in [4.69, 9.17) is 11.6 Å². The van der Waals surface area contributed by atoms with E-state index in [1.54, 1.807) is 24.3 Å². The normalized spacial score (nSPS) is 11.6. The Morgan fingerprint density at radius 3 is 2.31 bits per heavy atom. The van der Waals surface area contributed by atoms with Gasteiger partial charge in [0.1, 0.15) is 6.54 Å². The third-order valence-corrected chi connectivity index (χ3v) is 6.92. The minimum absolute atomic E-state index is 0.0176. The maximum Gasteiger partial charge on any atom is 0.261 e. The van der Waals surface area contributed by atoms with Crippen molar-refractivity contribution in [1.82, 2.24) is 4.98 Å². The molecule has 0 saturated carbocycles. The molecule has 1 heterocycles. The highest BCUT2D eigenvalue weighted by atomic mass is 35.5. The van der Waals surface area contributed by atoms with Gasteiger partial charge in [0.15, 0.2) is 0 Å². The fourth-order valence-electron chi connectivity index (χ4n) is 2.72. The van der Waals surface area contributed by atoms with Crippen LogP contribution in [0.3, 0.4) is 0 Å². The van der Waals surface area contributed by atoms with Crippen LogP contribution >= 0.6 is 11.6 Å². The Morgan fingerprint density at radius 1 is 1.00 bits per heavy atom. The molecule has 0 bridgehead atoms. The number of benzene rings is 2. The van der Waals surface area contributed by atoms with Crippen LogP contribution < -0.4 is 14.3 Å². The quantitative estimate of drug-likeness (QED) is 0.496. The lowest BCUT2D eigenvalue weighted by molar-refractivity contribution is -0.114. The van der Waals surface area contributed by atoms with Crippen molar-refractivity contribution in [3.8, 4) is 0 Å². The number of hydrogen-bond acceptors (Lipinski definition) is 6. The van der Waals surface area contributed by atoms with Crippen LogP contribution in [0, 0.1) is 0 Å². The zero-order valence-electron chi connectivity index (χ0n) is 16.8. The predicted molar refractivity (Wildman–Crippen MR) is 124 cm³/mol. The number of hydrogen-bond donors (Lipinski definition) is 2. The van der Waals surface area contributed by atoms with E-state index in [2.05, 4.69) is 15.0 Å². The molecule has 168 valence electrons. The minimum atomic E-state index is -3.84. The molecule has 0 aliphatic rings. The molecule has 3 aromatic rings. The Bertz CT molecular complexity index is 1320. The third-order valence-electron chi connectivity index (χ3n) is 4.15. The summed E-state index contributed by atoms with van der Waals surface area (Å²) in [5.41, 5.74) is 0.861. The van der Waals surface area contributed by atoms with E-state index in [9.17, 15) is 21.6 Å². The first-order valence-corrected chi connectivity index (χ1v) is 12.8. The van der Waals surface area contributed by atoms with Crippen LogP contribution in [0.5, 0.6) is 0 Å². The molecule has 0 fully saturated rings. The van der Waals surface area contributed by atoms with Gasteiger partial charge in [-0.05, 0) is 54.6 Å². The third kappa shape index (κ3) is 6.19. The Kier molecular flexibility index (Phi) is 7.02. The molecule has 3 rings (SSSR count). The van der Waals surface area contributed by atoms with Gasteiger partial charge < -0.3 is 5.32 Å². The van der Waals surface area contributed by atoms with E-state index in [1.165, 1.54) is 48.8 Å². The summed E-state index contributed by atoms with van der Waals surface area (Å²) < 4.78 is 52.6. The molecule has 0 spiro atoms. The molecule has 1 amide bonds. The summed E-state index contributed by atoms with van der Waals surface area (Å²) in [6.07, 6.45) is 3.88. The topological polar surface area (TPSA) is 126 Å². The van der Waals surface area contributed by atoms with Crippen LogP contribution in [-0.4, -0.2) is 40.5 Å². The molecule has 32 heavy (non-hydrogen) atoms. The molecule has 2 N–H and O–H groups in total. The van der Waals surface area contributed by atoms with Gasteiger partial charge in [0, 0.05) is 16.9 Å². The lowest BCUT2D eigenvalue weighted by Crippen LogP contribution is -2.37. The van der Waals surface area contributed by atoms with Crippen molar-refractivity contribution in [3.05, 3.63) is 78.1 Å². The summed E-state index contributed by atoms with van der Waals surface area (Å²) >= 11 is 5.93. The number of pyridine rings is 1. The largest absolute Gasteiger partial charge is 0.325 e. The van der Waals surface area contributed by atoms with Gasteiger partial charge >= 0.3 is 0 Å². The van der Waals surface area contributed by atoms with Crippen LogP contribution in [0.25, 0.3) is 0 Å². The zero-order chi connectivity index (χ0) is 23.4. The van der Waals surface area contributed by atoms with Gasteiger partial charge in [0.25, 0.3) is 10.0 Å². The zero-order valence-corrected chi connectivity index (χ0v) is 19.2. The SMILES string of the molecule is CS(=O)(=O)N(CC(=O)Nc1ccc(S(=O)(=O)Nc2cccnc2)cc1)c1cccc(Cl)c1. The van der Waals surface area contributed by atoms with Crippen LogP contribution in [0.15, 0.2) is 78.0 Å². The van der Waals surface area contributed by atoms with Crippen molar-refractivity contribution in [2.24, 2.45) is 0 Å². The van der Waals surface area contributed by atoms with Crippen LogP contribution in [0.1, 0.15) is 0 Å². The number of carbonyl (C=O) groups excluding carboxylic acids is 1. The summed E-state index contributed by atoms with van der Waals surface area (Å²) in [6.45, 7) is -0.484. The van der Waals surface area contributed by atoms with Crippen LogP contribution in [0.2, 0.25) is 5.02 Å². The number of anilines is 3. The fourth-order valence-corrected chi connectivity index (χ4v) is 4.79. The average molecular weight is 495 g/mol. The molecule has 12 heteroatoms. The average Bonchev–Trinajstić information content (AvgIpc) is 2.72. The van der Waals surface area contributed by atoms with Crippen molar-refractivity contribution in [1.29, 1.82) is 0 Å². The van der Waals surface area contributed by atoms with E-state index in [-0.39, 0.29) is 10.6 Å². The first-order chi connectivity index (χ1) is 15.0. The van der Waals surface area contributed by atoms with Crippen LogP contribution in [0.4, 0.5) is 17.1 Å². The van der Waals surface area contributed by atoms with Gasteiger partial charge in [-0.1, -0.05) is 17.7 Å². The molecular formula is C20H19ClN4O5S2.